The van der Waals surface area contributed by atoms with Gasteiger partial charge in [0.25, 0.3) is 0 Å². The molecule has 0 aliphatic carbocycles. The lowest BCUT2D eigenvalue weighted by molar-refractivity contribution is -0.146. The number of carbonyl (C=O) groups excluding carboxylic acids is 24. The van der Waals surface area contributed by atoms with Crippen LogP contribution in [0.4, 0.5) is 0 Å². The lowest BCUT2D eigenvalue weighted by Gasteiger charge is -2.33. The van der Waals surface area contributed by atoms with Gasteiger partial charge in [-0.1, -0.05) is 13.3 Å². The number of hydrogen-bond donors (Lipinski definition) is 9. The summed E-state index contributed by atoms with van der Waals surface area (Å²) in [7, 11) is 0. The fourth-order valence-electron chi connectivity index (χ4n) is 12.3. The van der Waals surface area contributed by atoms with Crippen LogP contribution in [-0.4, -0.2) is 336 Å². The van der Waals surface area contributed by atoms with Gasteiger partial charge in [-0.25, -0.2) is 0 Å². The Bertz CT molecular complexity index is 3540. The largest absolute Gasteiger partial charge is 0.480 e. The molecule has 3 unspecified atom stereocenters. The number of hydrogen-bond acceptors (Lipinski definition) is 30. The first kappa shape index (κ1) is 103. The van der Waals surface area contributed by atoms with Crippen molar-refractivity contribution in [3.8, 4) is 0 Å². The number of imide groups is 3. The van der Waals surface area contributed by atoms with Crippen molar-refractivity contribution in [1.29, 1.82) is 0 Å². The molecule has 3 fully saturated rings. The number of aliphatic carboxylic acids is 3. The predicted molar refractivity (Wildman–Crippen MR) is 421 cm³/mol. The van der Waals surface area contributed by atoms with Crippen molar-refractivity contribution in [2.75, 3.05) is 117 Å². The van der Waals surface area contributed by atoms with E-state index in [9.17, 15) is 145 Å². The maximum atomic E-state index is 13.4. The molecule has 0 aromatic heterocycles. The second-order valence-corrected chi connectivity index (χ2v) is 31.6. The topological polar surface area (TPSA) is 613 Å². The van der Waals surface area contributed by atoms with E-state index in [4.69, 9.17) is 0 Å². The van der Waals surface area contributed by atoms with Crippen LogP contribution in [0.5, 0.6) is 0 Å². The molecule has 0 radical (unpaired) electrons. The van der Waals surface area contributed by atoms with Crippen LogP contribution in [0, 0.1) is 5.41 Å². The number of rotatable bonds is 64. The standard InChI is InChI=1S/C75H104N12O30S3/c1-5-75(24-18-48(91)36-76-57(97)12-6-51(94)39-82(42-69(109)110)63(103)15-9-45(88)33-79-60(100)21-27-85-66(106)30-54(118-2)72(85)115,25-19-49(92)37-77-58(98)13-7-52(95)40-83(43-70(111)112)64(104)16-10-46(89)34-80-61(101)22-28-86-67(107)31-55(119-3)73(86)116)26-20-50(93)38-78-59(99)14-8-53(96)41-84(44-71(113)114)65(105)17-11-47(90)35-81-62(102)23-29-87-68(108)32-56(120-4)74(87)117/h54-56H,5-44H2,1-4H3,(H,76,97)(H,77,98)(H,78,99)(H,79,100)(H,80,101)(H,81,102)(H,109,110)(H,111,112)(H,113,114). The number of likely N-dealkylation sites (tertiary alicyclic amines) is 3. The van der Waals surface area contributed by atoms with Crippen molar-refractivity contribution < 1.29 is 145 Å². The van der Waals surface area contributed by atoms with E-state index in [1.54, 1.807) is 25.7 Å². The summed E-state index contributed by atoms with van der Waals surface area (Å²) in [6.45, 7) is -7.61. The SMILES string of the molecule is CCC(CCC(=O)CNC(=O)CCC(=O)CN(CC(=O)O)C(=O)CCC(=O)CNC(=O)CCN1C(=O)CC(SC)C1=O)(CCC(=O)CNC(=O)CCC(=O)CN(CC(=O)O)C(=O)CCC(=O)CNC(=O)CCN1C(=O)CC(SC)C1=O)CCC(=O)CNC(=O)CCC(=O)CN(CC(=O)O)C(=O)CCC(=O)CNC(=O)CCN1C(=O)CC(SC)C1=O. The third kappa shape index (κ3) is 39.3. The highest BCUT2D eigenvalue weighted by Crippen LogP contribution is 2.39. The fourth-order valence-corrected chi connectivity index (χ4v) is 14.2. The van der Waals surface area contributed by atoms with E-state index in [0.29, 0.717) is 14.7 Å². The van der Waals surface area contributed by atoms with Gasteiger partial charge < -0.3 is 61.9 Å². The molecule has 0 aromatic rings. The second kappa shape index (κ2) is 53.6. The van der Waals surface area contributed by atoms with Crippen molar-refractivity contribution in [2.24, 2.45) is 5.41 Å². The molecule has 662 valence electrons. The molecule has 45 heteroatoms. The van der Waals surface area contributed by atoms with Gasteiger partial charge in [-0.05, 0) is 43.4 Å². The smallest absolute Gasteiger partial charge is 0.323 e. The quantitative estimate of drug-likeness (QED) is 0.0268. The lowest BCUT2D eigenvalue weighted by Crippen LogP contribution is -2.40. The number of carboxylic acid groups (broad SMARTS) is 3. The molecule has 120 heavy (non-hydrogen) atoms. The number of thioether (sulfide) groups is 3. The summed E-state index contributed by atoms with van der Waals surface area (Å²) < 4.78 is 0. The second-order valence-electron chi connectivity index (χ2n) is 28.5. The van der Waals surface area contributed by atoms with E-state index < -0.39 is 335 Å². The first-order valence-corrected chi connectivity index (χ1v) is 42.3. The Balaban J connectivity index is 1.58. The van der Waals surface area contributed by atoms with Crippen LogP contribution in [0.1, 0.15) is 167 Å². The number of carboxylic acids is 3. The molecule has 3 atom stereocenters. The number of Topliss-reactive ketones (excluding diaryl/α,β-unsaturated/α-hetero) is 9. The Morgan fingerprint density at radius 2 is 0.517 bits per heavy atom. The number of ketones is 9. The summed E-state index contributed by atoms with van der Waals surface area (Å²) in [5, 5.41) is 40.8. The summed E-state index contributed by atoms with van der Waals surface area (Å²) >= 11 is 3.58. The van der Waals surface area contributed by atoms with Crippen molar-refractivity contribution in [2.45, 2.75) is 183 Å². The monoisotopic (exact) mass is 1750 g/mol. The molecule has 42 nitrogen and oxygen atoms in total. The highest BCUT2D eigenvalue weighted by Gasteiger charge is 2.41. The summed E-state index contributed by atoms with van der Waals surface area (Å²) in [5.74, 6) is -20.4. The van der Waals surface area contributed by atoms with Gasteiger partial charge in [0, 0.05) is 154 Å². The normalized spacial score (nSPS) is 15.4. The Kier molecular flexibility index (Phi) is 46.2. The van der Waals surface area contributed by atoms with Crippen LogP contribution >= 0.6 is 35.3 Å². The van der Waals surface area contributed by atoms with Gasteiger partial charge in [0.15, 0.2) is 52.0 Å². The van der Waals surface area contributed by atoms with Crippen molar-refractivity contribution in [3.63, 3.8) is 0 Å². The molecule has 3 rings (SSSR count). The van der Waals surface area contributed by atoms with E-state index in [-0.39, 0.29) is 103 Å². The zero-order valence-corrected chi connectivity index (χ0v) is 69.7. The lowest BCUT2D eigenvalue weighted by atomic mass is 9.72. The zero-order valence-electron chi connectivity index (χ0n) is 67.3. The van der Waals surface area contributed by atoms with Gasteiger partial charge >= 0.3 is 17.9 Å². The minimum absolute atomic E-state index is 0.00827. The number of nitrogens with zero attached hydrogens (tertiary/aromatic N) is 6. The Hall–Kier alpha value is -10.9. The molecule has 3 aliphatic rings. The van der Waals surface area contributed by atoms with E-state index in [1.165, 1.54) is 35.3 Å². The molecule has 3 aliphatic heterocycles. The summed E-state index contributed by atoms with van der Waals surface area (Å²) in [4.78, 5) is 345. The van der Waals surface area contributed by atoms with E-state index in [0.717, 1.165) is 14.7 Å². The third-order valence-corrected chi connectivity index (χ3v) is 22.3. The minimum atomic E-state index is -1.52. The van der Waals surface area contributed by atoms with Crippen molar-refractivity contribution in [1.82, 2.24) is 61.3 Å². The number of carbonyl (C=O) groups is 27. The summed E-state index contributed by atoms with van der Waals surface area (Å²) in [5.41, 5.74) is -1.02. The van der Waals surface area contributed by atoms with Gasteiger partial charge in [-0.2, -0.15) is 35.3 Å². The average Bonchev–Trinajstić information content (AvgIpc) is 1.62. The van der Waals surface area contributed by atoms with Crippen LogP contribution in [-0.2, 0) is 129 Å². The van der Waals surface area contributed by atoms with Gasteiger partial charge in [0.1, 0.15) is 19.6 Å². The van der Waals surface area contributed by atoms with E-state index >= 15 is 0 Å². The van der Waals surface area contributed by atoms with Crippen LogP contribution in [0.15, 0.2) is 0 Å². The van der Waals surface area contributed by atoms with Crippen LogP contribution in [0.3, 0.4) is 0 Å². The minimum Gasteiger partial charge on any atom is -0.480 e. The average molecular weight is 1750 g/mol. The molecule has 3 heterocycles. The van der Waals surface area contributed by atoms with Crippen molar-refractivity contribution in [3.05, 3.63) is 0 Å². The maximum Gasteiger partial charge on any atom is 0.323 e. The molecular formula is C75H104N12O30S3. The first-order valence-electron chi connectivity index (χ1n) is 38.5. The van der Waals surface area contributed by atoms with Gasteiger partial charge in [-0.3, -0.25) is 144 Å². The fraction of sp³-hybridized carbons (Fsp3) is 0.640. The molecule has 15 amide bonds. The molecule has 9 N–H and O–H groups in total. The highest BCUT2D eigenvalue weighted by molar-refractivity contribution is 8.00. The predicted octanol–water partition coefficient (Wildman–Crippen LogP) is -3.39. The molecule has 3 saturated heterocycles. The molecular weight excluding hydrogens is 1650 g/mol. The molecule has 0 saturated carbocycles. The van der Waals surface area contributed by atoms with Crippen molar-refractivity contribution >= 4 is 194 Å². The van der Waals surface area contributed by atoms with Gasteiger partial charge in [-0.15, -0.1) is 0 Å². The van der Waals surface area contributed by atoms with Gasteiger partial charge in [0.05, 0.1) is 74.7 Å². The molecule has 0 bridgehead atoms. The molecule has 0 spiro atoms. The molecule has 0 aromatic carbocycles. The first-order chi connectivity index (χ1) is 56.6. The van der Waals surface area contributed by atoms with Gasteiger partial charge in [0.2, 0.25) is 88.6 Å². The number of nitrogens with one attached hydrogen (secondary N) is 6. The maximum absolute atomic E-state index is 13.4. The summed E-state index contributed by atoms with van der Waals surface area (Å²) in [6.07, 6.45) is -3.03. The van der Waals surface area contributed by atoms with Crippen LogP contribution < -0.4 is 31.9 Å². The van der Waals surface area contributed by atoms with Crippen LogP contribution in [0.25, 0.3) is 0 Å². The zero-order chi connectivity index (χ0) is 89.9. The Morgan fingerprint density at radius 3 is 0.717 bits per heavy atom. The van der Waals surface area contributed by atoms with E-state index in [2.05, 4.69) is 31.9 Å². The Morgan fingerprint density at radius 1 is 0.308 bits per heavy atom. The summed E-state index contributed by atoms with van der Waals surface area (Å²) in [6, 6.07) is 0. The van der Waals surface area contributed by atoms with Crippen LogP contribution in [0.2, 0.25) is 0 Å². The Labute approximate surface area is 702 Å². The number of amides is 15. The van der Waals surface area contributed by atoms with E-state index in [1.807, 2.05) is 0 Å². The highest BCUT2D eigenvalue weighted by atomic mass is 32.2. The third-order valence-electron chi connectivity index (χ3n) is 19.5.